The van der Waals surface area contributed by atoms with E-state index in [1.54, 1.807) is 6.08 Å². The van der Waals surface area contributed by atoms with Crippen LogP contribution in [0.3, 0.4) is 0 Å². The molecule has 0 atom stereocenters. The molecule has 1 aromatic rings. The maximum atomic E-state index is 12.5. The largest absolute Gasteiger partial charge is 0.350 e. The van der Waals surface area contributed by atoms with Crippen LogP contribution >= 0.6 is 39.9 Å². The molecule has 122 valence electrons. The van der Waals surface area contributed by atoms with Gasteiger partial charge in [-0.2, -0.15) is 0 Å². The number of hydrogen-bond acceptors (Lipinski definition) is 4. The Morgan fingerprint density at radius 3 is 2.74 bits per heavy atom. The molecule has 1 saturated heterocycles. The second-order valence-electron chi connectivity index (χ2n) is 6.12. The molecule has 1 N–H and O–H groups in total. The summed E-state index contributed by atoms with van der Waals surface area (Å²) < 4.78 is 1.34. The molecule has 1 aromatic carbocycles. The van der Waals surface area contributed by atoms with E-state index in [1.807, 2.05) is 45.0 Å². The Hall–Kier alpha value is -1.18. The molecule has 0 saturated carbocycles. The van der Waals surface area contributed by atoms with Crippen molar-refractivity contribution in [1.82, 2.24) is 10.2 Å². The molecule has 1 aliphatic heterocycles. The van der Waals surface area contributed by atoms with Crippen LogP contribution in [-0.2, 0) is 9.59 Å². The molecule has 1 aliphatic rings. The number of amides is 2. The second kappa shape index (κ2) is 7.15. The molecule has 7 heteroatoms. The molecule has 0 unspecified atom stereocenters. The molecule has 1 fully saturated rings. The Morgan fingerprint density at radius 2 is 2.13 bits per heavy atom. The zero-order valence-corrected chi connectivity index (χ0v) is 16.3. The van der Waals surface area contributed by atoms with Gasteiger partial charge >= 0.3 is 0 Å². The summed E-state index contributed by atoms with van der Waals surface area (Å²) in [6, 6.07) is 7.63. The number of thiocarbonyl (C=S) groups is 1. The third kappa shape index (κ3) is 5.16. The predicted octanol–water partition coefficient (Wildman–Crippen LogP) is 3.57. The van der Waals surface area contributed by atoms with Crippen molar-refractivity contribution in [2.24, 2.45) is 0 Å². The van der Waals surface area contributed by atoms with Crippen molar-refractivity contribution in [3.63, 3.8) is 0 Å². The van der Waals surface area contributed by atoms with Crippen molar-refractivity contribution in [2.75, 3.05) is 6.54 Å². The molecular formula is C16H17BrN2O2S2. The van der Waals surface area contributed by atoms with Gasteiger partial charge in [0.15, 0.2) is 0 Å². The number of carbonyl (C=O) groups is 2. The second-order valence-corrected chi connectivity index (χ2v) is 8.71. The van der Waals surface area contributed by atoms with Crippen LogP contribution in [0.2, 0.25) is 0 Å². The minimum Gasteiger partial charge on any atom is -0.350 e. The van der Waals surface area contributed by atoms with Crippen molar-refractivity contribution in [1.29, 1.82) is 0 Å². The highest BCUT2D eigenvalue weighted by Crippen LogP contribution is 2.32. The molecule has 0 radical (unpaired) electrons. The fraction of sp³-hybridized carbons (Fsp3) is 0.312. The third-order valence-electron chi connectivity index (χ3n) is 2.84. The third-order valence-corrected chi connectivity index (χ3v) is 4.71. The molecule has 2 rings (SSSR count). The standard InChI is InChI=1S/C16H17BrN2O2S2/c1-16(2,3)18-13(20)9-19-14(21)12(23-15(19)22)8-10-5-4-6-11(17)7-10/h4-8H,9H2,1-3H3,(H,18,20)/b12-8-. The normalized spacial score (nSPS) is 17.0. The summed E-state index contributed by atoms with van der Waals surface area (Å²) >= 11 is 9.85. The van der Waals surface area contributed by atoms with Crippen molar-refractivity contribution < 1.29 is 9.59 Å². The Kier molecular flexibility index (Phi) is 5.65. The van der Waals surface area contributed by atoms with Gasteiger partial charge in [-0.3, -0.25) is 14.5 Å². The summed E-state index contributed by atoms with van der Waals surface area (Å²) in [6.07, 6.45) is 1.78. The number of nitrogens with one attached hydrogen (secondary N) is 1. The first-order valence-electron chi connectivity index (χ1n) is 6.98. The van der Waals surface area contributed by atoms with Crippen LogP contribution in [0.5, 0.6) is 0 Å². The van der Waals surface area contributed by atoms with Crippen LogP contribution in [-0.4, -0.2) is 33.1 Å². The molecule has 0 aliphatic carbocycles. The Balaban J connectivity index is 2.12. The zero-order valence-electron chi connectivity index (χ0n) is 13.1. The van der Waals surface area contributed by atoms with Gasteiger partial charge in [0.2, 0.25) is 5.91 Å². The van der Waals surface area contributed by atoms with Crippen LogP contribution in [0, 0.1) is 0 Å². The first kappa shape index (κ1) is 18.2. The van der Waals surface area contributed by atoms with Gasteiger partial charge in [-0.25, -0.2) is 0 Å². The number of carbonyl (C=O) groups excluding carboxylic acids is 2. The number of nitrogens with zero attached hydrogens (tertiary/aromatic N) is 1. The monoisotopic (exact) mass is 412 g/mol. The van der Waals surface area contributed by atoms with Crippen LogP contribution < -0.4 is 5.32 Å². The van der Waals surface area contributed by atoms with Gasteiger partial charge in [0.05, 0.1) is 4.91 Å². The average Bonchev–Trinajstić information content (AvgIpc) is 2.64. The van der Waals surface area contributed by atoms with E-state index < -0.39 is 0 Å². The first-order chi connectivity index (χ1) is 10.7. The summed E-state index contributed by atoms with van der Waals surface area (Å²) in [7, 11) is 0. The zero-order chi connectivity index (χ0) is 17.2. The van der Waals surface area contributed by atoms with Crippen molar-refractivity contribution >= 4 is 62.1 Å². The smallest absolute Gasteiger partial charge is 0.266 e. The first-order valence-corrected chi connectivity index (χ1v) is 8.99. The Labute approximate surface area is 153 Å². The summed E-state index contributed by atoms with van der Waals surface area (Å²) in [4.78, 5) is 26.3. The molecule has 1 heterocycles. The molecule has 23 heavy (non-hydrogen) atoms. The molecular weight excluding hydrogens is 396 g/mol. The van der Waals surface area contributed by atoms with Gasteiger partial charge < -0.3 is 5.32 Å². The van der Waals surface area contributed by atoms with Gasteiger partial charge in [-0.15, -0.1) is 0 Å². The lowest BCUT2D eigenvalue weighted by Gasteiger charge is -2.22. The highest BCUT2D eigenvalue weighted by molar-refractivity contribution is 9.10. The lowest BCUT2D eigenvalue weighted by molar-refractivity contribution is -0.129. The summed E-state index contributed by atoms with van der Waals surface area (Å²) in [6.45, 7) is 5.62. The van der Waals surface area contributed by atoms with Gasteiger partial charge in [-0.1, -0.05) is 52.0 Å². The highest BCUT2D eigenvalue weighted by atomic mass is 79.9. The summed E-state index contributed by atoms with van der Waals surface area (Å²) in [5, 5.41) is 2.83. The molecule has 0 spiro atoms. The Bertz CT molecular complexity index is 696. The Morgan fingerprint density at radius 1 is 1.43 bits per heavy atom. The van der Waals surface area contributed by atoms with E-state index in [0.29, 0.717) is 9.23 Å². The number of thioether (sulfide) groups is 1. The molecule has 4 nitrogen and oxygen atoms in total. The van der Waals surface area contributed by atoms with Crippen LogP contribution in [0.4, 0.5) is 0 Å². The minimum absolute atomic E-state index is 0.0578. The van der Waals surface area contributed by atoms with E-state index in [-0.39, 0.29) is 23.9 Å². The van der Waals surface area contributed by atoms with E-state index in [4.69, 9.17) is 12.2 Å². The lowest BCUT2D eigenvalue weighted by Crippen LogP contribution is -2.46. The van der Waals surface area contributed by atoms with Crippen molar-refractivity contribution in [3.05, 3.63) is 39.2 Å². The van der Waals surface area contributed by atoms with E-state index in [1.165, 1.54) is 16.7 Å². The molecule has 2 amide bonds. The van der Waals surface area contributed by atoms with E-state index in [9.17, 15) is 9.59 Å². The maximum absolute atomic E-state index is 12.5. The fourth-order valence-electron chi connectivity index (χ4n) is 1.99. The van der Waals surface area contributed by atoms with Crippen molar-refractivity contribution in [3.8, 4) is 0 Å². The van der Waals surface area contributed by atoms with Gasteiger partial charge in [-0.05, 0) is 44.5 Å². The van der Waals surface area contributed by atoms with E-state index in [2.05, 4.69) is 21.2 Å². The SMILES string of the molecule is CC(C)(C)NC(=O)CN1C(=O)/C(=C/c2cccc(Br)c2)SC1=S. The number of rotatable bonds is 3. The number of hydrogen-bond donors (Lipinski definition) is 1. The van der Waals surface area contributed by atoms with Gasteiger partial charge in [0.1, 0.15) is 10.9 Å². The summed E-state index contributed by atoms with van der Waals surface area (Å²) in [5.74, 6) is -0.457. The van der Waals surface area contributed by atoms with Crippen LogP contribution in [0.1, 0.15) is 26.3 Å². The fourth-order valence-corrected chi connectivity index (χ4v) is 3.66. The van der Waals surface area contributed by atoms with Gasteiger partial charge in [0, 0.05) is 10.0 Å². The average molecular weight is 413 g/mol. The predicted molar refractivity (Wildman–Crippen MR) is 102 cm³/mol. The quantitative estimate of drug-likeness (QED) is 0.608. The topological polar surface area (TPSA) is 49.4 Å². The van der Waals surface area contributed by atoms with Crippen LogP contribution in [0.25, 0.3) is 6.08 Å². The van der Waals surface area contributed by atoms with Crippen molar-refractivity contribution in [2.45, 2.75) is 26.3 Å². The minimum atomic E-state index is -0.344. The van der Waals surface area contributed by atoms with Gasteiger partial charge in [0.25, 0.3) is 5.91 Å². The highest BCUT2D eigenvalue weighted by Gasteiger charge is 2.33. The number of halogens is 1. The van der Waals surface area contributed by atoms with Crippen LogP contribution in [0.15, 0.2) is 33.6 Å². The molecule has 0 aromatic heterocycles. The molecule has 0 bridgehead atoms. The van der Waals surface area contributed by atoms with E-state index in [0.717, 1.165) is 10.0 Å². The number of benzene rings is 1. The lowest BCUT2D eigenvalue weighted by atomic mass is 10.1. The maximum Gasteiger partial charge on any atom is 0.266 e. The van der Waals surface area contributed by atoms with E-state index >= 15 is 0 Å². The summed E-state index contributed by atoms with van der Waals surface area (Å²) in [5.41, 5.74) is 0.558.